The lowest BCUT2D eigenvalue weighted by Crippen LogP contribution is -2.71. The van der Waals surface area contributed by atoms with Gasteiger partial charge in [0.15, 0.2) is 34.9 Å². The fourth-order valence-corrected chi connectivity index (χ4v) is 6.64. The molecule has 0 aromatic carbocycles. The number of aliphatic carboxylic acids is 1. The van der Waals surface area contributed by atoms with Crippen LogP contribution >= 0.6 is 34.4 Å². The van der Waals surface area contributed by atoms with E-state index >= 15 is 0 Å². The van der Waals surface area contributed by atoms with Gasteiger partial charge in [0.05, 0.1) is 11.3 Å². The Morgan fingerprint density at radius 3 is 2.75 bits per heavy atom. The topological polar surface area (TPSA) is 190 Å². The molecule has 0 spiro atoms. The molecular formula is C24H23N8O5S3+. The van der Waals surface area contributed by atoms with Crippen molar-refractivity contribution in [2.45, 2.75) is 18.0 Å². The maximum absolute atomic E-state index is 13.0. The number of thioether (sulfide) groups is 1. The van der Waals surface area contributed by atoms with Gasteiger partial charge >= 0.3 is 5.97 Å². The molecule has 1 saturated heterocycles. The number of pyridine rings is 1. The second-order valence-electron chi connectivity index (χ2n) is 8.50. The molecule has 1 fully saturated rings. The lowest BCUT2D eigenvalue weighted by atomic mass is 10.0. The molecule has 2 amide bonds. The monoisotopic (exact) mass is 599 g/mol. The first-order valence-electron chi connectivity index (χ1n) is 11.7. The molecular weight excluding hydrogens is 577 g/mol. The minimum atomic E-state index is -1.22. The number of rotatable bonds is 9. The molecule has 3 aromatic heterocycles. The Morgan fingerprint density at radius 2 is 2.08 bits per heavy atom. The first-order valence-corrected chi connectivity index (χ1v) is 14.5. The summed E-state index contributed by atoms with van der Waals surface area (Å²) in [7, 11) is 1.28. The molecule has 6 N–H and O–H groups in total. The van der Waals surface area contributed by atoms with Crippen molar-refractivity contribution in [3.05, 3.63) is 64.4 Å². The van der Waals surface area contributed by atoms with Gasteiger partial charge < -0.3 is 26.7 Å². The van der Waals surface area contributed by atoms with Gasteiger partial charge in [0.25, 0.3) is 11.8 Å². The van der Waals surface area contributed by atoms with Crippen LogP contribution in [0, 0.1) is 0 Å². The van der Waals surface area contributed by atoms with Crippen molar-refractivity contribution < 1.29 is 28.9 Å². The van der Waals surface area contributed by atoms with Crippen LogP contribution in [0.5, 0.6) is 0 Å². The number of nitrogens with one attached hydrogen (secondary N) is 1. The third kappa shape index (κ3) is 5.41. The van der Waals surface area contributed by atoms with E-state index in [-0.39, 0.29) is 22.2 Å². The highest BCUT2D eigenvalue weighted by atomic mass is 32.2. The summed E-state index contributed by atoms with van der Waals surface area (Å²) in [4.78, 5) is 52.4. The van der Waals surface area contributed by atoms with E-state index in [0.29, 0.717) is 23.0 Å². The van der Waals surface area contributed by atoms with E-state index in [1.807, 2.05) is 40.5 Å². The van der Waals surface area contributed by atoms with E-state index in [9.17, 15) is 19.5 Å². The number of carbonyl (C=O) groups excluding carboxylic acids is 2. The van der Waals surface area contributed by atoms with Gasteiger partial charge in [-0.2, -0.15) is 0 Å². The predicted molar refractivity (Wildman–Crippen MR) is 151 cm³/mol. The van der Waals surface area contributed by atoms with Crippen molar-refractivity contribution in [3.8, 4) is 11.3 Å². The van der Waals surface area contributed by atoms with Gasteiger partial charge in [-0.1, -0.05) is 11.2 Å². The quantitative estimate of drug-likeness (QED) is 0.120. The summed E-state index contributed by atoms with van der Waals surface area (Å²) in [5, 5.41) is 19.9. The maximum atomic E-state index is 13.0. The Hall–Kier alpha value is -4.28. The zero-order valence-electron chi connectivity index (χ0n) is 20.9. The number of anilines is 2. The molecule has 0 unspecified atom stereocenters. The number of aromatic nitrogens is 3. The number of nitrogens with zero attached hydrogens (tertiary/aromatic N) is 5. The van der Waals surface area contributed by atoms with Gasteiger partial charge in [0.2, 0.25) is 0 Å². The molecule has 13 nitrogen and oxygen atoms in total. The molecule has 5 heterocycles. The van der Waals surface area contributed by atoms with Gasteiger partial charge in [-0.05, 0) is 17.7 Å². The fraction of sp³-hybridized carbons (Fsp3) is 0.208. The Balaban J connectivity index is 1.29. The van der Waals surface area contributed by atoms with Crippen LogP contribution in [0.25, 0.3) is 11.3 Å². The van der Waals surface area contributed by atoms with E-state index in [4.69, 9.17) is 16.3 Å². The third-order valence-corrected chi connectivity index (χ3v) is 8.61. The van der Waals surface area contributed by atoms with Gasteiger partial charge in [-0.25, -0.2) is 19.3 Å². The van der Waals surface area contributed by atoms with Crippen molar-refractivity contribution in [2.75, 3.05) is 24.3 Å². The molecule has 2 aliphatic rings. The zero-order chi connectivity index (χ0) is 28.4. The number of amides is 2. The van der Waals surface area contributed by atoms with E-state index in [2.05, 4.69) is 20.4 Å². The molecule has 40 heavy (non-hydrogen) atoms. The van der Waals surface area contributed by atoms with Gasteiger partial charge in [-0.15, -0.1) is 34.4 Å². The van der Waals surface area contributed by atoms with Gasteiger partial charge in [-0.3, -0.25) is 14.5 Å². The second kappa shape index (κ2) is 11.4. The number of hydrogen-bond acceptors (Lipinski definition) is 12. The first kappa shape index (κ1) is 27.3. The highest BCUT2D eigenvalue weighted by Crippen LogP contribution is 2.40. The van der Waals surface area contributed by atoms with Crippen molar-refractivity contribution in [2.24, 2.45) is 5.16 Å². The van der Waals surface area contributed by atoms with E-state index < -0.39 is 29.2 Å². The Labute approximate surface area is 239 Å². The molecule has 2 atom stereocenters. The lowest BCUT2D eigenvalue weighted by molar-refractivity contribution is -0.686. The maximum Gasteiger partial charge on any atom is 0.352 e. The van der Waals surface area contributed by atoms with Crippen LogP contribution in [0.3, 0.4) is 0 Å². The molecule has 5 rings (SSSR count). The van der Waals surface area contributed by atoms with Crippen LogP contribution in [0.2, 0.25) is 0 Å². The summed E-state index contributed by atoms with van der Waals surface area (Å²) >= 11 is 3.85. The summed E-state index contributed by atoms with van der Waals surface area (Å²) in [6.07, 6.45) is 7.34. The average molecular weight is 600 g/mol. The number of β-lactam (4-membered cyclic amide) rings is 1. The highest BCUT2D eigenvalue weighted by Gasteiger charge is 2.54. The Bertz CT molecular complexity index is 1580. The van der Waals surface area contributed by atoms with E-state index in [1.54, 1.807) is 11.5 Å². The first-order chi connectivity index (χ1) is 19.3. The van der Waals surface area contributed by atoms with Crippen LogP contribution in [0.1, 0.15) is 5.69 Å². The third-order valence-electron chi connectivity index (χ3n) is 5.96. The molecule has 0 aliphatic carbocycles. The molecule has 0 bridgehead atoms. The largest absolute Gasteiger partial charge is 0.477 e. The van der Waals surface area contributed by atoms with Crippen LogP contribution in [-0.4, -0.2) is 67.7 Å². The van der Waals surface area contributed by atoms with Crippen LogP contribution in [0.15, 0.2) is 63.9 Å². The SMILES string of the molecule is CON=C(C(=O)N[C@@H]1C(=O)N2C(C(=O)O)=C(C=CC[n+]3cccc(-c4csc(N)n4)c3)CS[C@@H]12)c1csc(N)n1. The van der Waals surface area contributed by atoms with Crippen molar-refractivity contribution in [3.63, 3.8) is 0 Å². The number of thiazole rings is 2. The van der Waals surface area contributed by atoms with Crippen molar-refractivity contribution in [1.82, 2.24) is 20.2 Å². The van der Waals surface area contributed by atoms with Crippen LogP contribution in [-0.2, 0) is 25.8 Å². The summed E-state index contributed by atoms with van der Waals surface area (Å²) in [6, 6.07) is 2.88. The standard InChI is InChI=1S/C24H22N8O5S3/c1-37-30-16(15-11-40-24(26)28-15)19(33)29-17-20(34)32-18(22(35)36)13(9-38-21(17)32)5-3-7-31-6-2-4-12(8-31)14-10-39-23(25)27-14/h2-6,8,10-11,17,21H,7,9H2,1H3,(H5-,25,26,27,28,29,33,35,36)/p+1/t17-,21+/m1/s1. The Morgan fingerprint density at radius 1 is 1.30 bits per heavy atom. The van der Waals surface area contributed by atoms with Crippen LogP contribution < -0.4 is 21.4 Å². The van der Waals surface area contributed by atoms with E-state index in [1.165, 1.54) is 35.1 Å². The number of oxime groups is 1. The van der Waals surface area contributed by atoms with E-state index in [0.717, 1.165) is 22.6 Å². The lowest BCUT2D eigenvalue weighted by Gasteiger charge is -2.49. The summed E-state index contributed by atoms with van der Waals surface area (Å²) in [6.45, 7) is 0.466. The number of allylic oxidation sites excluding steroid dienone is 2. The molecule has 0 saturated carbocycles. The number of fused-ring (bicyclic) bond motifs is 1. The normalized spacial score (nSPS) is 19.0. The molecule has 206 valence electrons. The smallest absolute Gasteiger partial charge is 0.352 e. The zero-order valence-corrected chi connectivity index (χ0v) is 23.3. The minimum absolute atomic E-state index is 0.106. The number of carboxylic acids is 1. The predicted octanol–water partition coefficient (Wildman–Crippen LogP) is 1.06. The average Bonchev–Trinajstić information content (AvgIpc) is 3.57. The van der Waals surface area contributed by atoms with Gasteiger partial charge in [0.1, 0.15) is 29.9 Å². The molecule has 3 aromatic rings. The number of nitrogen functional groups attached to an aromatic ring is 2. The van der Waals surface area contributed by atoms with Crippen LogP contribution in [0.4, 0.5) is 10.3 Å². The second-order valence-corrected chi connectivity index (χ2v) is 11.4. The molecule has 16 heteroatoms. The number of carboxylic acid groups (broad SMARTS) is 1. The van der Waals surface area contributed by atoms with Crippen molar-refractivity contribution in [1.29, 1.82) is 0 Å². The number of hydrogen-bond donors (Lipinski definition) is 4. The summed E-state index contributed by atoms with van der Waals surface area (Å²) in [5.41, 5.74) is 13.5. The number of nitrogens with two attached hydrogens (primary N) is 2. The van der Waals surface area contributed by atoms with Gasteiger partial charge in [0, 0.05) is 22.6 Å². The number of carbonyl (C=O) groups is 3. The fourth-order valence-electron chi connectivity index (χ4n) is 4.20. The molecule has 0 radical (unpaired) electrons. The molecule has 2 aliphatic heterocycles. The Kier molecular flexibility index (Phi) is 7.81. The minimum Gasteiger partial charge on any atom is -0.477 e. The summed E-state index contributed by atoms with van der Waals surface area (Å²) < 4.78 is 1.93. The van der Waals surface area contributed by atoms with Crippen molar-refractivity contribution >= 4 is 68.2 Å². The highest BCUT2D eigenvalue weighted by molar-refractivity contribution is 8.00. The summed E-state index contributed by atoms with van der Waals surface area (Å²) in [5.74, 6) is -2.10.